The Morgan fingerprint density at radius 2 is 1.94 bits per heavy atom. The van der Waals surface area contributed by atoms with Crippen molar-refractivity contribution in [3.8, 4) is 22.5 Å². The van der Waals surface area contributed by atoms with E-state index in [0.29, 0.717) is 51.5 Å². The van der Waals surface area contributed by atoms with Crippen molar-refractivity contribution < 1.29 is 4.39 Å². The molecule has 164 valence electrons. The first-order valence-corrected chi connectivity index (χ1v) is 10.9. The monoisotopic (exact) mass is 433 g/mol. The standard InChI is InChI=1S/C22H24FN9/c1-31-11-12(8-26-31)20-17-9-25-29-21(17)16(7-18(20)23)22-24-10-19(28-30-22)32(2)15-5-13-3-4-14(6-15)27-13/h7-11,13-15,27H,3-6H2,1-2H3,(H,25,29). The molecular formula is C22H24FN9. The fraction of sp³-hybridized carbons (Fsp3) is 0.409. The second kappa shape index (κ2) is 7.33. The van der Waals surface area contributed by atoms with Gasteiger partial charge < -0.3 is 10.2 Å². The van der Waals surface area contributed by atoms with Crippen molar-refractivity contribution in [2.24, 2.45) is 7.05 Å². The molecule has 0 radical (unpaired) electrons. The number of halogens is 1. The smallest absolute Gasteiger partial charge is 0.184 e. The molecule has 2 N–H and O–H groups in total. The van der Waals surface area contributed by atoms with Gasteiger partial charge in [0.15, 0.2) is 11.6 Å². The quantitative estimate of drug-likeness (QED) is 0.510. The Bertz CT molecular complexity index is 1270. The summed E-state index contributed by atoms with van der Waals surface area (Å²) in [6.45, 7) is 0. The van der Waals surface area contributed by atoms with Gasteiger partial charge in [0.2, 0.25) is 0 Å². The van der Waals surface area contributed by atoms with Crippen LogP contribution in [-0.4, -0.2) is 60.3 Å². The summed E-state index contributed by atoms with van der Waals surface area (Å²) >= 11 is 0. The SMILES string of the molecule is CN(c1cnc(-c2cc(F)c(-c3cnn(C)c3)c3cn[nH]c23)nn1)C1CC2CCC(C1)N2. The summed E-state index contributed by atoms with van der Waals surface area (Å²) in [6, 6.07) is 3.05. The lowest BCUT2D eigenvalue weighted by Gasteiger charge is -2.35. The van der Waals surface area contributed by atoms with Gasteiger partial charge in [-0.3, -0.25) is 9.78 Å². The Morgan fingerprint density at radius 3 is 2.62 bits per heavy atom. The van der Waals surface area contributed by atoms with Gasteiger partial charge in [-0.15, -0.1) is 10.2 Å². The van der Waals surface area contributed by atoms with E-state index in [-0.39, 0.29) is 5.82 Å². The number of fused-ring (bicyclic) bond motifs is 3. The van der Waals surface area contributed by atoms with Crippen LogP contribution in [0.15, 0.2) is 30.9 Å². The van der Waals surface area contributed by atoms with E-state index in [2.05, 4.69) is 47.7 Å². The van der Waals surface area contributed by atoms with Gasteiger partial charge in [-0.25, -0.2) is 9.37 Å². The van der Waals surface area contributed by atoms with Gasteiger partial charge in [0, 0.05) is 60.5 Å². The van der Waals surface area contributed by atoms with Gasteiger partial charge >= 0.3 is 0 Å². The summed E-state index contributed by atoms with van der Waals surface area (Å²) in [5.41, 5.74) is 2.35. The number of nitrogens with zero attached hydrogens (tertiary/aromatic N) is 7. The molecular weight excluding hydrogens is 409 g/mol. The van der Waals surface area contributed by atoms with Crippen LogP contribution in [0.2, 0.25) is 0 Å². The zero-order valence-corrected chi connectivity index (χ0v) is 18.0. The highest BCUT2D eigenvalue weighted by molar-refractivity contribution is 6.01. The van der Waals surface area contributed by atoms with Crippen molar-refractivity contribution in [2.45, 2.75) is 43.8 Å². The van der Waals surface area contributed by atoms with E-state index in [0.717, 1.165) is 18.7 Å². The lowest BCUT2D eigenvalue weighted by atomic mass is 9.99. The summed E-state index contributed by atoms with van der Waals surface area (Å²) < 4.78 is 16.8. The van der Waals surface area contributed by atoms with E-state index in [9.17, 15) is 0 Å². The number of aromatic amines is 1. The predicted molar refractivity (Wildman–Crippen MR) is 118 cm³/mol. The molecule has 1 aromatic carbocycles. The third kappa shape index (κ3) is 3.13. The fourth-order valence-corrected chi connectivity index (χ4v) is 5.19. The van der Waals surface area contributed by atoms with Crippen molar-refractivity contribution in [1.29, 1.82) is 0 Å². The summed E-state index contributed by atoms with van der Waals surface area (Å²) in [5, 5.41) is 24.4. The number of aryl methyl sites for hydroxylation is 1. The van der Waals surface area contributed by atoms with Crippen LogP contribution in [0, 0.1) is 5.82 Å². The summed E-state index contributed by atoms with van der Waals surface area (Å²) in [4.78, 5) is 6.71. The summed E-state index contributed by atoms with van der Waals surface area (Å²) in [6.07, 6.45) is 11.5. The number of hydrogen-bond donors (Lipinski definition) is 2. The molecule has 2 fully saturated rings. The molecule has 2 aliphatic rings. The third-order valence-electron chi connectivity index (χ3n) is 6.83. The number of aromatic nitrogens is 7. The number of hydrogen-bond acceptors (Lipinski definition) is 7. The minimum Gasteiger partial charge on any atom is -0.354 e. The molecule has 6 rings (SSSR count). The van der Waals surface area contributed by atoms with E-state index in [1.54, 1.807) is 36.5 Å². The molecule has 0 amide bonds. The predicted octanol–water partition coefficient (Wildman–Crippen LogP) is 2.67. The van der Waals surface area contributed by atoms with Crippen molar-refractivity contribution in [3.63, 3.8) is 0 Å². The fourth-order valence-electron chi connectivity index (χ4n) is 5.19. The second-order valence-corrected chi connectivity index (χ2v) is 8.86. The van der Waals surface area contributed by atoms with Crippen molar-refractivity contribution in [2.75, 3.05) is 11.9 Å². The largest absolute Gasteiger partial charge is 0.354 e. The Balaban J connectivity index is 1.33. The number of piperidine rings is 1. The molecule has 9 nitrogen and oxygen atoms in total. The molecule has 0 aliphatic carbocycles. The molecule has 32 heavy (non-hydrogen) atoms. The van der Waals surface area contributed by atoms with Gasteiger partial charge in [-0.05, 0) is 31.7 Å². The maximum absolute atomic E-state index is 15.2. The van der Waals surface area contributed by atoms with E-state index in [4.69, 9.17) is 0 Å². The zero-order chi connectivity index (χ0) is 21.8. The van der Waals surface area contributed by atoms with Gasteiger partial charge in [0.25, 0.3) is 0 Å². The molecule has 0 spiro atoms. The lowest BCUT2D eigenvalue weighted by molar-refractivity contribution is 0.353. The van der Waals surface area contributed by atoms with Gasteiger partial charge in [-0.2, -0.15) is 10.2 Å². The average Bonchev–Trinajstić information content (AvgIpc) is 3.53. The van der Waals surface area contributed by atoms with Crippen LogP contribution in [0.4, 0.5) is 10.2 Å². The third-order valence-corrected chi connectivity index (χ3v) is 6.83. The first-order chi connectivity index (χ1) is 15.6. The van der Waals surface area contributed by atoms with Crippen LogP contribution < -0.4 is 10.2 Å². The number of anilines is 1. The van der Waals surface area contributed by atoms with Crippen LogP contribution in [0.3, 0.4) is 0 Å². The molecule has 5 heterocycles. The van der Waals surface area contributed by atoms with Gasteiger partial charge in [0.1, 0.15) is 5.82 Å². The maximum Gasteiger partial charge on any atom is 0.184 e. The first-order valence-electron chi connectivity index (χ1n) is 10.9. The van der Waals surface area contributed by atoms with Crippen LogP contribution in [0.25, 0.3) is 33.4 Å². The zero-order valence-electron chi connectivity index (χ0n) is 18.0. The minimum atomic E-state index is -0.378. The molecule has 2 aliphatic heterocycles. The van der Waals surface area contributed by atoms with Crippen molar-refractivity contribution in [1.82, 2.24) is 40.5 Å². The maximum atomic E-state index is 15.2. The van der Waals surface area contributed by atoms with E-state index >= 15 is 4.39 Å². The highest BCUT2D eigenvalue weighted by atomic mass is 19.1. The first kappa shape index (κ1) is 19.3. The molecule has 10 heteroatoms. The number of benzene rings is 1. The molecule has 2 saturated heterocycles. The molecule has 2 atom stereocenters. The van der Waals surface area contributed by atoms with Gasteiger partial charge in [-0.1, -0.05) is 0 Å². The highest BCUT2D eigenvalue weighted by Crippen LogP contribution is 2.36. The Kier molecular flexibility index (Phi) is 4.42. The van der Waals surface area contributed by atoms with Crippen molar-refractivity contribution >= 4 is 16.7 Å². The van der Waals surface area contributed by atoms with Gasteiger partial charge in [0.05, 0.1) is 24.1 Å². The Morgan fingerprint density at radius 1 is 1.12 bits per heavy atom. The van der Waals surface area contributed by atoms with E-state index < -0.39 is 0 Å². The topological polar surface area (TPSA) is 100 Å². The number of rotatable bonds is 4. The molecule has 3 aromatic heterocycles. The Hall–Kier alpha value is -3.40. The summed E-state index contributed by atoms with van der Waals surface area (Å²) in [5.74, 6) is 0.712. The number of H-pyrrole nitrogens is 1. The van der Waals surface area contributed by atoms with Crippen molar-refractivity contribution in [3.05, 3.63) is 36.7 Å². The van der Waals surface area contributed by atoms with E-state index in [1.165, 1.54) is 18.9 Å². The van der Waals surface area contributed by atoms with E-state index in [1.807, 2.05) is 0 Å². The molecule has 4 aromatic rings. The normalized spacial score (nSPS) is 22.5. The Labute approximate surface area is 184 Å². The van der Waals surface area contributed by atoms with Crippen LogP contribution in [-0.2, 0) is 7.05 Å². The molecule has 0 saturated carbocycles. The summed E-state index contributed by atoms with van der Waals surface area (Å²) in [7, 11) is 3.85. The molecule has 2 unspecified atom stereocenters. The minimum absolute atomic E-state index is 0.360. The average molecular weight is 433 g/mol. The van der Waals surface area contributed by atoms with Crippen LogP contribution in [0.1, 0.15) is 25.7 Å². The van der Waals surface area contributed by atoms with Crippen LogP contribution >= 0.6 is 0 Å². The second-order valence-electron chi connectivity index (χ2n) is 8.86. The van der Waals surface area contributed by atoms with Crippen LogP contribution in [0.5, 0.6) is 0 Å². The highest BCUT2D eigenvalue weighted by Gasteiger charge is 2.35. The number of nitrogens with one attached hydrogen (secondary N) is 2. The lowest BCUT2D eigenvalue weighted by Crippen LogP contribution is -2.47. The molecule has 2 bridgehead atoms.